The highest BCUT2D eigenvalue weighted by molar-refractivity contribution is 5.72. The number of hydrogen-bond acceptors (Lipinski definition) is 4. The van der Waals surface area contributed by atoms with E-state index in [1.807, 2.05) is 20.8 Å². The molecule has 6 heteroatoms. The molecule has 0 aromatic rings. The predicted molar refractivity (Wildman–Crippen MR) is 59.6 cm³/mol. The van der Waals surface area contributed by atoms with Crippen LogP contribution in [0.25, 0.3) is 0 Å². The standard InChI is InChI=1S/C11H18N2O4/c1-11(2,3)17-10(15)13-5-4-8-7(6-13)12-9(14)16-8/h7-8H,4-6H2,1-3H3,(H,12,14)/t7-,8+/m0/s1. The Kier molecular flexibility index (Phi) is 2.89. The van der Waals surface area contributed by atoms with E-state index in [4.69, 9.17) is 9.47 Å². The van der Waals surface area contributed by atoms with Crippen molar-refractivity contribution >= 4 is 12.2 Å². The maximum Gasteiger partial charge on any atom is 0.410 e. The summed E-state index contributed by atoms with van der Waals surface area (Å²) in [5, 5.41) is 2.69. The summed E-state index contributed by atoms with van der Waals surface area (Å²) in [6, 6.07) is -0.108. The first kappa shape index (κ1) is 12.0. The number of hydrogen-bond donors (Lipinski definition) is 1. The monoisotopic (exact) mass is 242 g/mol. The maximum absolute atomic E-state index is 11.8. The molecule has 0 bridgehead atoms. The highest BCUT2D eigenvalue weighted by Crippen LogP contribution is 2.21. The number of carbonyl (C=O) groups is 2. The molecule has 0 spiro atoms. The van der Waals surface area contributed by atoms with Crippen molar-refractivity contribution in [1.82, 2.24) is 10.2 Å². The zero-order valence-corrected chi connectivity index (χ0v) is 10.4. The van der Waals surface area contributed by atoms with Crippen molar-refractivity contribution in [3.8, 4) is 0 Å². The first-order valence-electron chi connectivity index (χ1n) is 5.80. The molecule has 96 valence electrons. The van der Waals surface area contributed by atoms with Crippen molar-refractivity contribution in [3.63, 3.8) is 0 Å². The van der Waals surface area contributed by atoms with E-state index < -0.39 is 11.7 Å². The Hall–Kier alpha value is -1.46. The molecular formula is C11H18N2O4. The predicted octanol–water partition coefficient (Wildman–Crippen LogP) is 1.10. The van der Waals surface area contributed by atoms with Gasteiger partial charge in [0.1, 0.15) is 11.7 Å². The summed E-state index contributed by atoms with van der Waals surface area (Å²) in [4.78, 5) is 24.5. The van der Waals surface area contributed by atoms with E-state index in [-0.39, 0.29) is 18.2 Å². The van der Waals surface area contributed by atoms with Gasteiger partial charge in [-0.15, -0.1) is 0 Å². The quantitative estimate of drug-likeness (QED) is 0.690. The van der Waals surface area contributed by atoms with Crippen molar-refractivity contribution in [2.45, 2.75) is 44.9 Å². The Morgan fingerprint density at radius 1 is 1.53 bits per heavy atom. The largest absolute Gasteiger partial charge is 0.444 e. The van der Waals surface area contributed by atoms with Gasteiger partial charge < -0.3 is 19.7 Å². The molecule has 2 aliphatic rings. The molecule has 0 aromatic heterocycles. The highest BCUT2D eigenvalue weighted by Gasteiger charge is 2.40. The van der Waals surface area contributed by atoms with Gasteiger partial charge in [0, 0.05) is 19.5 Å². The van der Waals surface area contributed by atoms with Gasteiger partial charge in [-0.1, -0.05) is 0 Å². The van der Waals surface area contributed by atoms with E-state index >= 15 is 0 Å². The Bertz CT molecular complexity index is 337. The summed E-state index contributed by atoms with van der Waals surface area (Å²) in [5.41, 5.74) is -0.497. The molecule has 2 atom stereocenters. The van der Waals surface area contributed by atoms with Gasteiger partial charge in [-0.05, 0) is 20.8 Å². The lowest BCUT2D eigenvalue weighted by atomic mass is 10.0. The van der Waals surface area contributed by atoms with E-state index in [0.29, 0.717) is 19.5 Å². The average Bonchev–Trinajstić information content (AvgIpc) is 2.53. The normalized spacial score (nSPS) is 28.2. The second-order valence-corrected chi connectivity index (χ2v) is 5.41. The number of piperidine rings is 1. The fraction of sp³-hybridized carbons (Fsp3) is 0.818. The molecule has 0 unspecified atom stereocenters. The van der Waals surface area contributed by atoms with E-state index in [0.717, 1.165) is 0 Å². The lowest BCUT2D eigenvalue weighted by Crippen LogP contribution is -2.52. The zero-order chi connectivity index (χ0) is 12.6. The first-order chi connectivity index (χ1) is 7.85. The number of alkyl carbamates (subject to hydrolysis) is 1. The van der Waals surface area contributed by atoms with Crippen molar-refractivity contribution in [1.29, 1.82) is 0 Å². The van der Waals surface area contributed by atoms with Gasteiger partial charge in [0.25, 0.3) is 0 Å². The molecular weight excluding hydrogens is 224 g/mol. The van der Waals surface area contributed by atoms with Crippen molar-refractivity contribution in [2.75, 3.05) is 13.1 Å². The molecule has 6 nitrogen and oxygen atoms in total. The maximum atomic E-state index is 11.8. The van der Waals surface area contributed by atoms with Gasteiger partial charge in [-0.3, -0.25) is 0 Å². The van der Waals surface area contributed by atoms with Crippen molar-refractivity contribution in [2.24, 2.45) is 0 Å². The van der Waals surface area contributed by atoms with E-state index in [1.165, 1.54) is 0 Å². The molecule has 0 aliphatic carbocycles. The van der Waals surface area contributed by atoms with Gasteiger partial charge >= 0.3 is 12.2 Å². The minimum absolute atomic E-state index is 0.108. The molecule has 2 aliphatic heterocycles. The lowest BCUT2D eigenvalue weighted by Gasteiger charge is -2.34. The molecule has 2 heterocycles. The fourth-order valence-corrected chi connectivity index (χ4v) is 2.03. The number of nitrogens with zero attached hydrogens (tertiary/aromatic N) is 1. The van der Waals surface area contributed by atoms with Crippen molar-refractivity contribution in [3.05, 3.63) is 0 Å². The van der Waals surface area contributed by atoms with Gasteiger partial charge in [-0.2, -0.15) is 0 Å². The van der Waals surface area contributed by atoms with Crippen LogP contribution in [0.4, 0.5) is 9.59 Å². The molecule has 0 saturated carbocycles. The third-order valence-electron chi connectivity index (χ3n) is 2.76. The Labute approximate surface area is 100 Å². The number of amides is 2. The van der Waals surface area contributed by atoms with Crippen LogP contribution in [0.15, 0.2) is 0 Å². The van der Waals surface area contributed by atoms with Gasteiger partial charge in [-0.25, -0.2) is 9.59 Å². The Morgan fingerprint density at radius 2 is 2.24 bits per heavy atom. The number of ether oxygens (including phenoxy) is 2. The van der Waals surface area contributed by atoms with Crippen LogP contribution in [0, 0.1) is 0 Å². The second kappa shape index (κ2) is 4.09. The lowest BCUT2D eigenvalue weighted by molar-refractivity contribution is 0.0105. The van der Waals surface area contributed by atoms with Crippen molar-refractivity contribution < 1.29 is 19.1 Å². The van der Waals surface area contributed by atoms with Gasteiger partial charge in [0.2, 0.25) is 0 Å². The van der Waals surface area contributed by atoms with Crippen LogP contribution in [-0.2, 0) is 9.47 Å². The SMILES string of the molecule is CC(C)(C)OC(=O)N1CC[C@H]2OC(=O)N[C@H]2C1. The van der Waals surface area contributed by atoms with Crippen LogP contribution in [0.2, 0.25) is 0 Å². The van der Waals surface area contributed by atoms with Crippen LogP contribution in [-0.4, -0.2) is 47.9 Å². The minimum Gasteiger partial charge on any atom is -0.444 e. The first-order valence-corrected chi connectivity index (χ1v) is 5.80. The number of fused-ring (bicyclic) bond motifs is 1. The molecule has 2 amide bonds. The summed E-state index contributed by atoms with van der Waals surface area (Å²) in [6.07, 6.45) is -0.188. The van der Waals surface area contributed by atoms with Crippen LogP contribution >= 0.6 is 0 Å². The third kappa shape index (κ3) is 2.81. The van der Waals surface area contributed by atoms with Crippen LogP contribution < -0.4 is 5.32 Å². The second-order valence-electron chi connectivity index (χ2n) is 5.41. The number of likely N-dealkylation sites (tertiary alicyclic amines) is 1. The highest BCUT2D eigenvalue weighted by atomic mass is 16.6. The Morgan fingerprint density at radius 3 is 2.88 bits per heavy atom. The molecule has 1 N–H and O–H groups in total. The number of rotatable bonds is 0. The molecule has 0 aromatic carbocycles. The molecule has 2 fully saturated rings. The van der Waals surface area contributed by atoms with Crippen LogP contribution in [0.1, 0.15) is 27.2 Å². The van der Waals surface area contributed by atoms with E-state index in [1.54, 1.807) is 4.90 Å². The van der Waals surface area contributed by atoms with Crippen LogP contribution in [0.5, 0.6) is 0 Å². The third-order valence-corrected chi connectivity index (χ3v) is 2.76. The number of nitrogens with one attached hydrogen (secondary N) is 1. The minimum atomic E-state index is -0.497. The Balaban J connectivity index is 1.92. The topological polar surface area (TPSA) is 67.9 Å². The zero-order valence-electron chi connectivity index (χ0n) is 10.4. The summed E-state index contributed by atoms with van der Waals surface area (Å²) in [5.74, 6) is 0. The molecule has 0 radical (unpaired) electrons. The summed E-state index contributed by atoms with van der Waals surface area (Å²) in [6.45, 7) is 6.50. The summed E-state index contributed by atoms with van der Waals surface area (Å²) in [7, 11) is 0. The van der Waals surface area contributed by atoms with Gasteiger partial charge in [0.15, 0.2) is 0 Å². The molecule has 17 heavy (non-hydrogen) atoms. The average molecular weight is 242 g/mol. The van der Waals surface area contributed by atoms with E-state index in [2.05, 4.69) is 5.32 Å². The van der Waals surface area contributed by atoms with E-state index in [9.17, 15) is 9.59 Å². The molecule has 2 saturated heterocycles. The smallest absolute Gasteiger partial charge is 0.410 e. The fourth-order valence-electron chi connectivity index (χ4n) is 2.03. The summed E-state index contributed by atoms with van der Waals surface area (Å²) >= 11 is 0. The molecule has 2 rings (SSSR count). The van der Waals surface area contributed by atoms with Crippen LogP contribution in [0.3, 0.4) is 0 Å². The van der Waals surface area contributed by atoms with Gasteiger partial charge in [0.05, 0.1) is 6.04 Å². The number of carbonyl (C=O) groups excluding carboxylic acids is 2. The summed E-state index contributed by atoms with van der Waals surface area (Å²) < 4.78 is 10.4.